The highest BCUT2D eigenvalue weighted by molar-refractivity contribution is 5.80. The standard InChI is InChI=1S/C15H28N2O/c1-11(2)15-16-10-14(18)17(15)9-8-13-6-4-12(3)5-7-13/h11-13,15-16H,4-10H2,1-3H3. The predicted molar refractivity (Wildman–Crippen MR) is 74.1 cm³/mol. The molecule has 0 aromatic heterocycles. The molecule has 1 unspecified atom stereocenters. The summed E-state index contributed by atoms with van der Waals surface area (Å²) < 4.78 is 0. The monoisotopic (exact) mass is 252 g/mol. The first-order valence-corrected chi connectivity index (χ1v) is 7.60. The van der Waals surface area contributed by atoms with E-state index in [2.05, 4.69) is 31.0 Å². The van der Waals surface area contributed by atoms with Crippen molar-refractivity contribution in [3.8, 4) is 0 Å². The molecule has 2 fully saturated rings. The summed E-state index contributed by atoms with van der Waals surface area (Å²) in [6, 6.07) is 0. The summed E-state index contributed by atoms with van der Waals surface area (Å²) in [5, 5.41) is 3.33. The number of hydrogen-bond acceptors (Lipinski definition) is 2. The van der Waals surface area contributed by atoms with Crippen molar-refractivity contribution in [1.29, 1.82) is 0 Å². The van der Waals surface area contributed by atoms with Crippen molar-refractivity contribution in [3.05, 3.63) is 0 Å². The SMILES string of the molecule is CC1CCC(CCN2C(=O)CNC2C(C)C)CC1. The Bertz CT molecular complexity index is 282. The van der Waals surface area contributed by atoms with Crippen LogP contribution in [-0.2, 0) is 4.79 Å². The summed E-state index contributed by atoms with van der Waals surface area (Å²) in [5.74, 6) is 2.56. The van der Waals surface area contributed by atoms with Gasteiger partial charge in [0.2, 0.25) is 5.91 Å². The van der Waals surface area contributed by atoms with Gasteiger partial charge in [-0.25, -0.2) is 0 Å². The van der Waals surface area contributed by atoms with Crippen molar-refractivity contribution >= 4 is 5.91 Å². The van der Waals surface area contributed by atoms with E-state index in [0.717, 1.165) is 18.4 Å². The van der Waals surface area contributed by atoms with E-state index in [4.69, 9.17) is 0 Å². The molecule has 0 aromatic rings. The third-order valence-corrected chi connectivity index (χ3v) is 4.66. The number of amides is 1. The molecule has 0 aromatic carbocycles. The zero-order chi connectivity index (χ0) is 13.1. The van der Waals surface area contributed by atoms with Crippen molar-refractivity contribution in [2.45, 2.75) is 59.0 Å². The van der Waals surface area contributed by atoms with E-state index in [9.17, 15) is 4.79 Å². The van der Waals surface area contributed by atoms with Gasteiger partial charge in [-0.3, -0.25) is 10.1 Å². The van der Waals surface area contributed by atoms with Crippen LogP contribution >= 0.6 is 0 Å². The van der Waals surface area contributed by atoms with Crippen LogP contribution < -0.4 is 5.32 Å². The average molecular weight is 252 g/mol. The first kappa shape index (κ1) is 13.9. The molecule has 104 valence electrons. The Kier molecular flexibility index (Phi) is 4.66. The Morgan fingerprint density at radius 1 is 1.28 bits per heavy atom. The Balaban J connectivity index is 1.79. The summed E-state index contributed by atoms with van der Waals surface area (Å²) in [6.45, 7) is 8.22. The first-order chi connectivity index (χ1) is 8.58. The lowest BCUT2D eigenvalue weighted by Crippen LogP contribution is -2.42. The van der Waals surface area contributed by atoms with E-state index in [1.165, 1.54) is 32.1 Å². The van der Waals surface area contributed by atoms with Crippen LogP contribution in [-0.4, -0.2) is 30.1 Å². The number of nitrogens with one attached hydrogen (secondary N) is 1. The maximum atomic E-state index is 11.9. The van der Waals surface area contributed by atoms with Gasteiger partial charge in [0.25, 0.3) is 0 Å². The molecule has 1 N–H and O–H groups in total. The van der Waals surface area contributed by atoms with Crippen molar-refractivity contribution in [2.24, 2.45) is 17.8 Å². The van der Waals surface area contributed by atoms with E-state index in [-0.39, 0.29) is 12.1 Å². The Morgan fingerprint density at radius 2 is 1.94 bits per heavy atom. The molecular weight excluding hydrogens is 224 g/mol. The maximum absolute atomic E-state index is 11.9. The second kappa shape index (κ2) is 6.05. The molecule has 2 rings (SSSR count). The lowest BCUT2D eigenvalue weighted by Gasteiger charge is -2.31. The molecule has 3 heteroatoms. The van der Waals surface area contributed by atoms with E-state index >= 15 is 0 Å². The lowest BCUT2D eigenvalue weighted by molar-refractivity contribution is -0.128. The van der Waals surface area contributed by atoms with Crippen LogP contribution in [0.15, 0.2) is 0 Å². The van der Waals surface area contributed by atoms with Gasteiger partial charge in [0.1, 0.15) is 0 Å². The van der Waals surface area contributed by atoms with Crippen LogP contribution in [0.3, 0.4) is 0 Å². The summed E-state index contributed by atoms with van der Waals surface area (Å²) in [4.78, 5) is 13.9. The third kappa shape index (κ3) is 3.25. The van der Waals surface area contributed by atoms with Crippen LogP contribution in [0.5, 0.6) is 0 Å². The molecule has 1 amide bonds. The Hall–Kier alpha value is -0.570. The number of carbonyl (C=O) groups is 1. The van der Waals surface area contributed by atoms with Crippen LogP contribution in [0.1, 0.15) is 52.9 Å². The van der Waals surface area contributed by atoms with Gasteiger partial charge in [0.05, 0.1) is 12.7 Å². The van der Waals surface area contributed by atoms with Crippen LogP contribution in [0.25, 0.3) is 0 Å². The van der Waals surface area contributed by atoms with Gasteiger partial charge in [-0.15, -0.1) is 0 Å². The van der Waals surface area contributed by atoms with Crippen molar-refractivity contribution in [3.63, 3.8) is 0 Å². The highest BCUT2D eigenvalue weighted by Crippen LogP contribution is 2.30. The number of nitrogens with zero attached hydrogens (tertiary/aromatic N) is 1. The van der Waals surface area contributed by atoms with Gasteiger partial charge < -0.3 is 4.90 Å². The summed E-state index contributed by atoms with van der Waals surface area (Å²) >= 11 is 0. The fourth-order valence-electron chi connectivity index (χ4n) is 3.36. The van der Waals surface area contributed by atoms with Crippen molar-refractivity contribution in [2.75, 3.05) is 13.1 Å². The topological polar surface area (TPSA) is 32.3 Å². The van der Waals surface area contributed by atoms with Crippen LogP contribution in [0.4, 0.5) is 0 Å². The zero-order valence-corrected chi connectivity index (χ0v) is 12.1. The molecule has 1 heterocycles. The Labute approximate surface area is 111 Å². The number of carbonyl (C=O) groups excluding carboxylic acids is 1. The average Bonchev–Trinajstić information content (AvgIpc) is 2.70. The van der Waals surface area contributed by atoms with Gasteiger partial charge in [-0.05, 0) is 24.2 Å². The number of rotatable bonds is 4. The van der Waals surface area contributed by atoms with Gasteiger partial charge in [-0.1, -0.05) is 46.5 Å². The molecule has 3 nitrogen and oxygen atoms in total. The highest BCUT2D eigenvalue weighted by Gasteiger charge is 2.32. The molecule has 1 atom stereocenters. The van der Waals surface area contributed by atoms with E-state index in [1.807, 2.05) is 0 Å². The number of hydrogen-bond donors (Lipinski definition) is 1. The molecule has 2 aliphatic rings. The minimum absolute atomic E-state index is 0.264. The highest BCUT2D eigenvalue weighted by atomic mass is 16.2. The van der Waals surface area contributed by atoms with Crippen LogP contribution in [0, 0.1) is 17.8 Å². The van der Waals surface area contributed by atoms with Crippen molar-refractivity contribution in [1.82, 2.24) is 10.2 Å². The summed E-state index contributed by atoms with van der Waals surface area (Å²) in [7, 11) is 0. The fraction of sp³-hybridized carbons (Fsp3) is 0.933. The summed E-state index contributed by atoms with van der Waals surface area (Å²) in [6.07, 6.45) is 6.95. The molecule has 1 saturated carbocycles. The van der Waals surface area contributed by atoms with Gasteiger partial charge in [0, 0.05) is 6.54 Å². The lowest BCUT2D eigenvalue weighted by atomic mass is 9.81. The van der Waals surface area contributed by atoms with Crippen molar-refractivity contribution < 1.29 is 4.79 Å². The second-order valence-corrected chi connectivity index (χ2v) is 6.57. The molecule has 0 radical (unpaired) electrons. The second-order valence-electron chi connectivity index (χ2n) is 6.57. The van der Waals surface area contributed by atoms with E-state index < -0.39 is 0 Å². The molecule has 18 heavy (non-hydrogen) atoms. The normalized spacial score (nSPS) is 33.4. The smallest absolute Gasteiger partial charge is 0.237 e. The zero-order valence-electron chi connectivity index (χ0n) is 12.1. The fourth-order valence-corrected chi connectivity index (χ4v) is 3.36. The largest absolute Gasteiger partial charge is 0.326 e. The van der Waals surface area contributed by atoms with E-state index in [0.29, 0.717) is 12.5 Å². The molecule has 1 aliphatic heterocycles. The molecule has 1 aliphatic carbocycles. The maximum Gasteiger partial charge on any atom is 0.237 e. The minimum atomic E-state index is 0.264. The van der Waals surface area contributed by atoms with Crippen LogP contribution in [0.2, 0.25) is 0 Å². The molecule has 0 spiro atoms. The first-order valence-electron chi connectivity index (χ1n) is 7.60. The van der Waals surface area contributed by atoms with Gasteiger partial charge >= 0.3 is 0 Å². The Morgan fingerprint density at radius 3 is 2.56 bits per heavy atom. The third-order valence-electron chi connectivity index (χ3n) is 4.66. The quantitative estimate of drug-likeness (QED) is 0.834. The minimum Gasteiger partial charge on any atom is -0.326 e. The summed E-state index contributed by atoms with van der Waals surface area (Å²) in [5.41, 5.74) is 0. The molecule has 1 saturated heterocycles. The predicted octanol–water partition coefficient (Wildman–Crippen LogP) is 2.62. The van der Waals surface area contributed by atoms with E-state index in [1.54, 1.807) is 0 Å². The molecular formula is C15H28N2O. The van der Waals surface area contributed by atoms with Gasteiger partial charge in [0.15, 0.2) is 0 Å². The molecule has 0 bridgehead atoms. The van der Waals surface area contributed by atoms with Gasteiger partial charge in [-0.2, -0.15) is 0 Å².